The van der Waals surface area contributed by atoms with Crippen molar-refractivity contribution in [1.82, 2.24) is 0 Å². The topological polar surface area (TPSA) is 77.5 Å². The maximum atomic E-state index is 13.8. The van der Waals surface area contributed by atoms with Gasteiger partial charge in [0.05, 0.1) is 38.7 Å². The van der Waals surface area contributed by atoms with E-state index in [1.807, 2.05) is 30.3 Å². The molecular weight excluding hydrogens is 472 g/mol. The lowest BCUT2D eigenvalue weighted by Gasteiger charge is -2.29. The molecule has 2 aliphatic heterocycles. The van der Waals surface area contributed by atoms with Gasteiger partial charge in [-0.1, -0.05) is 29.8 Å². The first-order valence-electron chi connectivity index (χ1n) is 10.9. The number of hydroxylamine groups is 1. The zero-order valence-electron chi connectivity index (χ0n) is 19.3. The van der Waals surface area contributed by atoms with Crippen LogP contribution in [0.5, 0.6) is 17.2 Å². The fourth-order valence-electron chi connectivity index (χ4n) is 4.67. The number of nitrogens with zero attached hydrogens (tertiary/aromatic N) is 2. The van der Waals surface area contributed by atoms with Gasteiger partial charge >= 0.3 is 0 Å². The number of hydrogen-bond donors (Lipinski definition) is 0. The Labute approximate surface area is 207 Å². The van der Waals surface area contributed by atoms with Gasteiger partial charge in [-0.05, 0) is 54.1 Å². The molecule has 2 fully saturated rings. The van der Waals surface area contributed by atoms with Crippen molar-refractivity contribution in [2.45, 2.75) is 12.1 Å². The monoisotopic (exact) mass is 494 g/mol. The number of amides is 2. The average Bonchev–Trinajstić information content (AvgIpc) is 3.40. The summed E-state index contributed by atoms with van der Waals surface area (Å²) < 4.78 is 16.5. The van der Waals surface area contributed by atoms with Crippen molar-refractivity contribution in [3.8, 4) is 17.2 Å². The highest BCUT2D eigenvalue weighted by Crippen LogP contribution is 2.50. The number of hydrogen-bond acceptors (Lipinski definition) is 7. The highest BCUT2D eigenvalue weighted by molar-refractivity contribution is 6.31. The molecule has 2 amide bonds. The van der Waals surface area contributed by atoms with Gasteiger partial charge < -0.3 is 14.2 Å². The normalized spacial score (nSPS) is 21.3. The number of anilines is 2. The summed E-state index contributed by atoms with van der Waals surface area (Å²) in [5.41, 5.74) is 1.83. The number of imide groups is 1. The van der Waals surface area contributed by atoms with Crippen LogP contribution in [0.1, 0.15) is 11.6 Å². The Balaban J connectivity index is 1.64. The Kier molecular flexibility index (Phi) is 6.00. The van der Waals surface area contributed by atoms with E-state index in [2.05, 4.69) is 0 Å². The molecule has 0 N–H and O–H groups in total. The van der Waals surface area contributed by atoms with Gasteiger partial charge in [-0.25, -0.2) is 9.96 Å². The van der Waals surface area contributed by atoms with Crippen molar-refractivity contribution < 1.29 is 28.6 Å². The van der Waals surface area contributed by atoms with E-state index in [4.69, 9.17) is 30.6 Å². The highest BCUT2D eigenvalue weighted by Gasteiger charge is 2.60. The number of halogens is 1. The van der Waals surface area contributed by atoms with E-state index in [-0.39, 0.29) is 5.91 Å². The summed E-state index contributed by atoms with van der Waals surface area (Å²) in [5, 5.41) is 2.13. The van der Waals surface area contributed by atoms with Crippen LogP contribution >= 0.6 is 11.6 Å². The van der Waals surface area contributed by atoms with Gasteiger partial charge in [-0.3, -0.25) is 14.4 Å². The Hall–Kier alpha value is -3.75. The molecule has 2 heterocycles. The summed E-state index contributed by atoms with van der Waals surface area (Å²) in [6, 6.07) is 18.8. The quantitative estimate of drug-likeness (QED) is 0.469. The van der Waals surface area contributed by atoms with E-state index >= 15 is 0 Å². The molecule has 0 unspecified atom stereocenters. The van der Waals surface area contributed by atoms with Crippen molar-refractivity contribution in [1.29, 1.82) is 0 Å². The summed E-state index contributed by atoms with van der Waals surface area (Å²) in [7, 11) is 4.57. The zero-order chi connectivity index (χ0) is 24.7. The first kappa shape index (κ1) is 23.0. The molecule has 0 bridgehead atoms. The number of ether oxygens (including phenoxy) is 3. The molecule has 2 aliphatic rings. The van der Waals surface area contributed by atoms with E-state index in [1.54, 1.807) is 41.5 Å². The van der Waals surface area contributed by atoms with E-state index in [9.17, 15) is 9.59 Å². The van der Waals surface area contributed by atoms with Gasteiger partial charge in [-0.2, -0.15) is 0 Å². The number of para-hydroxylation sites is 1. The second kappa shape index (κ2) is 9.13. The molecule has 3 aromatic rings. The number of rotatable bonds is 6. The first-order valence-corrected chi connectivity index (χ1v) is 11.3. The molecule has 0 radical (unpaired) electrons. The predicted octanol–water partition coefficient (Wildman–Crippen LogP) is 4.42. The van der Waals surface area contributed by atoms with Crippen LogP contribution in [0.4, 0.5) is 11.4 Å². The van der Waals surface area contributed by atoms with Gasteiger partial charge in [0.15, 0.2) is 17.6 Å². The van der Waals surface area contributed by atoms with Gasteiger partial charge in [0.2, 0.25) is 11.7 Å². The van der Waals surface area contributed by atoms with Crippen LogP contribution in [0.3, 0.4) is 0 Å². The third-order valence-corrected chi connectivity index (χ3v) is 6.49. The van der Waals surface area contributed by atoms with E-state index < -0.39 is 24.0 Å². The van der Waals surface area contributed by atoms with E-state index in [1.165, 1.54) is 26.2 Å². The van der Waals surface area contributed by atoms with Gasteiger partial charge in [-0.15, -0.1) is 0 Å². The van der Waals surface area contributed by atoms with Crippen molar-refractivity contribution >= 4 is 34.8 Å². The third-order valence-electron chi connectivity index (χ3n) is 6.24. The van der Waals surface area contributed by atoms with E-state index in [0.717, 1.165) is 0 Å². The SMILES string of the molecule is COc1cc([C@@H]2[C@@H]3C(=O)N(c4ccc(Cl)cc4)C(=O)[C@H]3ON2c2ccccc2)cc(OC)c1OC. The summed E-state index contributed by atoms with van der Waals surface area (Å²) in [4.78, 5) is 34.5. The molecule has 5 rings (SSSR count). The lowest BCUT2D eigenvalue weighted by Crippen LogP contribution is -2.37. The van der Waals surface area contributed by atoms with Crippen LogP contribution in [0.25, 0.3) is 0 Å². The molecular formula is C26H23ClN2O6. The Bertz CT molecular complexity index is 1240. The Morgan fingerprint density at radius 2 is 1.43 bits per heavy atom. The molecule has 0 aromatic heterocycles. The second-order valence-corrected chi connectivity index (χ2v) is 8.54. The smallest absolute Gasteiger partial charge is 0.266 e. The van der Waals surface area contributed by atoms with Crippen LogP contribution in [0.2, 0.25) is 5.02 Å². The number of carbonyl (C=O) groups is 2. The highest BCUT2D eigenvalue weighted by atomic mass is 35.5. The summed E-state index contributed by atoms with van der Waals surface area (Å²) in [6.07, 6.45) is -0.998. The average molecular weight is 495 g/mol. The zero-order valence-corrected chi connectivity index (χ0v) is 20.1. The minimum absolute atomic E-state index is 0.362. The maximum absolute atomic E-state index is 13.8. The van der Waals surface area contributed by atoms with Gasteiger partial charge in [0, 0.05) is 5.02 Å². The largest absolute Gasteiger partial charge is 0.493 e. The molecule has 3 atom stereocenters. The van der Waals surface area contributed by atoms with Crippen LogP contribution in [0.15, 0.2) is 66.7 Å². The first-order chi connectivity index (χ1) is 17.0. The molecule has 0 saturated carbocycles. The minimum Gasteiger partial charge on any atom is -0.493 e. The lowest BCUT2D eigenvalue weighted by molar-refractivity contribution is -0.126. The van der Waals surface area contributed by atoms with Crippen molar-refractivity contribution in [3.05, 3.63) is 77.3 Å². The molecule has 0 spiro atoms. The number of methoxy groups -OCH3 is 3. The maximum Gasteiger partial charge on any atom is 0.266 e. The van der Waals surface area contributed by atoms with Crippen LogP contribution in [0, 0.1) is 5.92 Å². The van der Waals surface area contributed by atoms with Crippen molar-refractivity contribution in [2.75, 3.05) is 31.3 Å². The molecule has 2 saturated heterocycles. The van der Waals surface area contributed by atoms with Crippen molar-refractivity contribution in [2.24, 2.45) is 5.92 Å². The molecule has 0 aliphatic carbocycles. The minimum atomic E-state index is -0.998. The second-order valence-electron chi connectivity index (χ2n) is 8.10. The van der Waals surface area contributed by atoms with E-state index in [0.29, 0.717) is 39.2 Å². The molecule has 8 nitrogen and oxygen atoms in total. The van der Waals surface area contributed by atoms with Crippen LogP contribution in [-0.2, 0) is 14.4 Å². The number of fused-ring (bicyclic) bond motifs is 1. The molecule has 9 heteroatoms. The summed E-state index contributed by atoms with van der Waals surface area (Å²) >= 11 is 6.01. The van der Waals surface area contributed by atoms with Crippen LogP contribution < -0.4 is 24.2 Å². The van der Waals surface area contributed by atoms with Gasteiger partial charge in [0.25, 0.3) is 5.91 Å². The number of benzene rings is 3. The number of carbonyl (C=O) groups excluding carboxylic acids is 2. The standard InChI is InChI=1S/C26H23ClN2O6/c1-32-19-13-15(14-20(33-2)23(19)34-3)22-21-24(35-29(22)18-7-5-4-6-8-18)26(31)28(25(21)30)17-11-9-16(27)10-12-17/h4-14,21-22,24H,1-3H3/t21-,22+,24-/m0/s1. The van der Waals surface area contributed by atoms with Crippen molar-refractivity contribution in [3.63, 3.8) is 0 Å². The van der Waals surface area contributed by atoms with Crippen LogP contribution in [-0.4, -0.2) is 39.2 Å². The molecule has 3 aromatic carbocycles. The Morgan fingerprint density at radius 3 is 2.00 bits per heavy atom. The molecule has 180 valence electrons. The third kappa shape index (κ3) is 3.75. The fraction of sp³-hybridized carbons (Fsp3) is 0.231. The lowest BCUT2D eigenvalue weighted by atomic mass is 9.90. The fourth-order valence-corrected chi connectivity index (χ4v) is 4.79. The summed E-state index contributed by atoms with van der Waals surface area (Å²) in [6.45, 7) is 0. The Morgan fingerprint density at radius 1 is 0.800 bits per heavy atom. The summed E-state index contributed by atoms with van der Waals surface area (Å²) in [5.74, 6) is -0.301. The van der Waals surface area contributed by atoms with Gasteiger partial charge in [0.1, 0.15) is 5.92 Å². The predicted molar refractivity (Wildman–Crippen MR) is 130 cm³/mol. The molecule has 35 heavy (non-hydrogen) atoms.